The van der Waals surface area contributed by atoms with Gasteiger partial charge in [-0.05, 0) is 19.3 Å². The van der Waals surface area contributed by atoms with Crippen LogP contribution in [0, 0.1) is 0 Å². The molecular weight excluding hydrogens is 494 g/mol. The summed E-state index contributed by atoms with van der Waals surface area (Å²) in [6.07, 6.45) is 24.6. The van der Waals surface area contributed by atoms with Crippen LogP contribution >= 0.6 is 0 Å². The molecule has 8 heteroatoms. The van der Waals surface area contributed by atoms with Crippen molar-refractivity contribution in [3.05, 3.63) is 0 Å². The topological polar surface area (TPSA) is 131 Å². The number of hydrogen-bond acceptors (Lipinski definition) is 6. The number of carbonyl (C=O) groups is 3. The van der Waals surface area contributed by atoms with Gasteiger partial charge in [0, 0.05) is 6.42 Å². The van der Waals surface area contributed by atoms with Crippen LogP contribution in [0.15, 0.2) is 0 Å². The Hall–Kier alpha value is -1.67. The molecule has 230 valence electrons. The van der Waals surface area contributed by atoms with E-state index in [1.807, 2.05) is 0 Å². The summed E-state index contributed by atoms with van der Waals surface area (Å²) in [5.41, 5.74) is 9.96. The second-order valence-electron chi connectivity index (χ2n) is 11.0. The summed E-state index contributed by atoms with van der Waals surface area (Å²) in [5, 5.41) is 8.95. The lowest BCUT2D eigenvalue weighted by Gasteiger charge is -2.18. The second kappa shape index (κ2) is 27.9. The number of carbonyl (C=O) groups excluding carboxylic acids is 3. The minimum atomic E-state index is -1.10. The van der Waals surface area contributed by atoms with Crippen molar-refractivity contribution < 1.29 is 24.2 Å². The van der Waals surface area contributed by atoms with Gasteiger partial charge in [-0.25, -0.2) is 0 Å². The average molecular weight is 556 g/mol. The molecule has 0 rings (SSSR count). The summed E-state index contributed by atoms with van der Waals surface area (Å²) in [4.78, 5) is 36.5. The normalized spacial score (nSPS) is 12.6. The number of nitrogens with two attached hydrogens (primary N) is 1. The van der Waals surface area contributed by atoms with E-state index >= 15 is 0 Å². The monoisotopic (exact) mass is 555 g/mol. The van der Waals surface area contributed by atoms with E-state index in [2.05, 4.69) is 24.7 Å². The maximum atomic E-state index is 12.5. The van der Waals surface area contributed by atoms with E-state index in [4.69, 9.17) is 15.6 Å². The number of unbranched alkanes of at least 4 members (excludes halogenated alkanes) is 18. The second-order valence-corrected chi connectivity index (χ2v) is 11.0. The number of hydrogen-bond donors (Lipinski definition) is 4. The first-order valence-corrected chi connectivity index (χ1v) is 16.1. The molecule has 0 aliphatic rings. The van der Waals surface area contributed by atoms with Gasteiger partial charge in [-0.1, -0.05) is 129 Å². The Morgan fingerprint density at radius 3 is 1.56 bits per heavy atom. The third kappa shape index (κ3) is 25.1. The van der Waals surface area contributed by atoms with E-state index in [-0.39, 0.29) is 12.4 Å². The molecule has 0 fully saturated rings. The maximum absolute atomic E-state index is 12.5. The Labute approximate surface area is 238 Å². The first-order chi connectivity index (χ1) is 18.9. The molecule has 8 nitrogen and oxygen atoms in total. The van der Waals surface area contributed by atoms with Crippen molar-refractivity contribution in [2.45, 2.75) is 174 Å². The van der Waals surface area contributed by atoms with Gasteiger partial charge >= 0.3 is 5.97 Å². The Kier molecular flexibility index (Phi) is 26.7. The predicted molar refractivity (Wildman–Crippen MR) is 159 cm³/mol. The van der Waals surface area contributed by atoms with Crippen LogP contribution in [-0.4, -0.2) is 41.6 Å². The Balaban J connectivity index is 4.28. The van der Waals surface area contributed by atoms with Gasteiger partial charge in [0.15, 0.2) is 0 Å². The van der Waals surface area contributed by atoms with E-state index in [9.17, 15) is 14.4 Å². The summed E-state index contributed by atoms with van der Waals surface area (Å²) in [5.74, 6) is -1.38. The average Bonchev–Trinajstić information content (AvgIpc) is 2.93. The van der Waals surface area contributed by atoms with Crippen LogP contribution in [0.2, 0.25) is 0 Å². The van der Waals surface area contributed by atoms with E-state index in [1.165, 1.54) is 89.9 Å². The first-order valence-electron chi connectivity index (χ1n) is 16.1. The van der Waals surface area contributed by atoms with Crippen LogP contribution in [0.25, 0.3) is 0 Å². The molecule has 39 heavy (non-hydrogen) atoms. The molecule has 0 aliphatic carbocycles. The minimum absolute atomic E-state index is 0.0182. The minimum Gasteiger partial charge on any atom is -0.462 e. The molecule has 0 aromatic heterocycles. The zero-order valence-electron chi connectivity index (χ0n) is 25.3. The number of aliphatic hydroxyl groups excluding tert-OH is 1. The molecule has 0 saturated heterocycles. The lowest BCUT2D eigenvalue weighted by Crippen LogP contribution is -2.51. The highest BCUT2D eigenvalue weighted by atomic mass is 16.5. The summed E-state index contributed by atoms with van der Waals surface area (Å²) < 4.78 is 5.68. The van der Waals surface area contributed by atoms with Gasteiger partial charge in [0.2, 0.25) is 5.91 Å². The number of rotatable bonds is 27. The highest BCUT2D eigenvalue weighted by Crippen LogP contribution is 2.16. The zero-order valence-corrected chi connectivity index (χ0v) is 25.3. The smallest absolute Gasteiger partial charge is 0.306 e. The Morgan fingerprint density at radius 2 is 1.10 bits per heavy atom. The van der Waals surface area contributed by atoms with Crippen LogP contribution in [0.3, 0.4) is 0 Å². The zero-order chi connectivity index (χ0) is 29.0. The van der Waals surface area contributed by atoms with Crippen LogP contribution in [0.4, 0.5) is 0 Å². The molecule has 0 heterocycles. The molecule has 0 spiro atoms. The van der Waals surface area contributed by atoms with Crippen LogP contribution in [0.1, 0.15) is 162 Å². The van der Waals surface area contributed by atoms with Crippen LogP contribution in [0.5, 0.6) is 0 Å². The summed E-state index contributed by atoms with van der Waals surface area (Å²) >= 11 is 0. The molecule has 5 N–H and O–H groups in total. The summed E-state index contributed by atoms with van der Waals surface area (Å²) in [6.45, 7) is 3.95. The molecule has 0 aliphatic heterocycles. The number of nitrogens with one attached hydrogen (secondary N) is 2. The highest BCUT2D eigenvalue weighted by molar-refractivity contribution is 5.85. The van der Waals surface area contributed by atoms with Gasteiger partial charge in [-0.2, -0.15) is 0 Å². The first kappa shape index (κ1) is 37.3. The van der Waals surface area contributed by atoms with Crippen LogP contribution in [-0.2, 0) is 19.1 Å². The molecule has 0 radical (unpaired) electrons. The van der Waals surface area contributed by atoms with Gasteiger partial charge in [-0.3, -0.25) is 25.2 Å². The molecule has 0 aromatic carbocycles. The van der Waals surface area contributed by atoms with Gasteiger partial charge in [0.1, 0.15) is 12.1 Å². The number of ether oxygens (including phenoxy) is 1. The molecule has 0 saturated carbocycles. The molecule has 2 amide bonds. The molecular formula is C31H61N3O5. The predicted octanol–water partition coefficient (Wildman–Crippen LogP) is 6.38. The molecule has 2 atom stereocenters. The van der Waals surface area contributed by atoms with Crippen molar-refractivity contribution in [1.29, 1.82) is 0 Å². The lowest BCUT2D eigenvalue weighted by molar-refractivity contribution is -0.151. The third-order valence-corrected chi connectivity index (χ3v) is 7.18. The maximum Gasteiger partial charge on any atom is 0.306 e. The molecule has 0 aromatic rings. The quantitative estimate of drug-likeness (QED) is 0.0529. The van der Waals surface area contributed by atoms with Crippen molar-refractivity contribution in [3.8, 4) is 0 Å². The molecule has 0 unspecified atom stereocenters. The number of amides is 2. The van der Waals surface area contributed by atoms with Gasteiger partial charge in [-0.15, -0.1) is 0 Å². The third-order valence-electron chi connectivity index (χ3n) is 7.18. The largest absolute Gasteiger partial charge is 0.462 e. The Morgan fingerprint density at radius 1 is 0.667 bits per heavy atom. The summed E-state index contributed by atoms with van der Waals surface area (Å²) in [7, 11) is 0. The van der Waals surface area contributed by atoms with E-state index in [0.717, 1.165) is 38.5 Å². The highest BCUT2D eigenvalue weighted by Gasteiger charge is 2.19. The van der Waals surface area contributed by atoms with Crippen molar-refractivity contribution in [2.24, 2.45) is 5.73 Å². The van der Waals surface area contributed by atoms with Crippen molar-refractivity contribution in [2.75, 3.05) is 6.61 Å². The standard InChI is InChI=1S/C31H61N3O5/c1-3-5-7-9-11-13-14-16-18-20-22-24-30(37)39-27(23-21-19-17-15-12-10-8-6-4-2)25-29(36)33-34-31(38)28(32)26-35/h27-28,35H,3-26,32H2,1-2H3,(H,33,36)(H,34,38)/t27-,28+/m1/s1. The fraction of sp³-hybridized carbons (Fsp3) is 0.903. The number of esters is 1. The van der Waals surface area contributed by atoms with Crippen molar-refractivity contribution >= 4 is 17.8 Å². The van der Waals surface area contributed by atoms with Gasteiger partial charge in [0.25, 0.3) is 5.91 Å². The van der Waals surface area contributed by atoms with E-state index in [0.29, 0.717) is 12.8 Å². The SMILES string of the molecule is CCCCCCCCCCCCCC(=O)O[C@H](CCCCCCCCCCC)CC(=O)NNC(=O)[C@@H](N)CO. The molecule has 0 bridgehead atoms. The van der Waals surface area contributed by atoms with E-state index < -0.39 is 30.6 Å². The fourth-order valence-corrected chi connectivity index (χ4v) is 4.63. The summed E-state index contributed by atoms with van der Waals surface area (Å²) in [6, 6.07) is -1.10. The van der Waals surface area contributed by atoms with Crippen LogP contribution < -0.4 is 16.6 Å². The van der Waals surface area contributed by atoms with E-state index in [1.54, 1.807) is 0 Å². The Bertz CT molecular complexity index is 603. The fourth-order valence-electron chi connectivity index (χ4n) is 4.63. The van der Waals surface area contributed by atoms with Gasteiger partial charge in [0.05, 0.1) is 13.0 Å². The number of hydrazine groups is 1. The van der Waals surface area contributed by atoms with Gasteiger partial charge < -0.3 is 15.6 Å². The number of aliphatic hydroxyl groups is 1. The van der Waals surface area contributed by atoms with Crippen molar-refractivity contribution in [1.82, 2.24) is 10.9 Å². The van der Waals surface area contributed by atoms with Crippen molar-refractivity contribution in [3.63, 3.8) is 0 Å². The lowest BCUT2D eigenvalue weighted by atomic mass is 10.0.